The Morgan fingerprint density at radius 3 is 2.08 bits per heavy atom. The van der Waals surface area contributed by atoms with E-state index < -0.39 is 0 Å². The predicted molar refractivity (Wildman–Crippen MR) is 54.5 cm³/mol. The third-order valence-corrected chi connectivity index (χ3v) is 4.80. The molecule has 4 atom stereocenters. The SMILES string of the molecule is CCCCN1CC2C3CC[C@@H]3C2C1. The Morgan fingerprint density at radius 2 is 1.62 bits per heavy atom. The van der Waals surface area contributed by atoms with Gasteiger partial charge in [-0.15, -0.1) is 0 Å². The van der Waals surface area contributed by atoms with E-state index in [-0.39, 0.29) is 0 Å². The highest BCUT2D eigenvalue weighted by Crippen LogP contribution is 2.60. The summed E-state index contributed by atoms with van der Waals surface area (Å²) in [6, 6.07) is 0. The monoisotopic (exact) mass is 179 g/mol. The lowest BCUT2D eigenvalue weighted by molar-refractivity contribution is -0.0699. The van der Waals surface area contributed by atoms with Crippen LogP contribution in [0.1, 0.15) is 32.6 Å². The Balaban J connectivity index is 1.54. The number of nitrogens with zero attached hydrogens (tertiary/aromatic N) is 1. The summed E-state index contributed by atoms with van der Waals surface area (Å²) in [5.41, 5.74) is 0. The molecule has 0 aromatic heterocycles. The smallest absolute Gasteiger partial charge is 0.00158 e. The lowest BCUT2D eigenvalue weighted by Gasteiger charge is -2.56. The first-order valence-corrected chi connectivity index (χ1v) is 6.12. The number of unbranched alkanes of at least 4 members (excludes halogenated alkanes) is 1. The molecule has 1 aliphatic heterocycles. The maximum Gasteiger partial charge on any atom is 0.00158 e. The fourth-order valence-electron chi connectivity index (χ4n) is 3.88. The van der Waals surface area contributed by atoms with E-state index in [4.69, 9.17) is 0 Å². The molecule has 2 aliphatic carbocycles. The molecule has 1 heterocycles. The van der Waals surface area contributed by atoms with E-state index in [0.717, 1.165) is 11.8 Å². The maximum absolute atomic E-state index is 2.73. The predicted octanol–water partition coefficient (Wildman–Crippen LogP) is 2.37. The van der Waals surface area contributed by atoms with Gasteiger partial charge in [0.2, 0.25) is 0 Å². The van der Waals surface area contributed by atoms with Gasteiger partial charge < -0.3 is 4.90 Å². The van der Waals surface area contributed by atoms with Crippen molar-refractivity contribution in [2.24, 2.45) is 23.7 Å². The van der Waals surface area contributed by atoms with Gasteiger partial charge in [-0.05, 0) is 49.5 Å². The highest BCUT2D eigenvalue weighted by molar-refractivity contribution is 5.08. The summed E-state index contributed by atoms with van der Waals surface area (Å²) < 4.78 is 0. The molecule has 3 fully saturated rings. The second-order valence-electron chi connectivity index (χ2n) is 5.35. The van der Waals surface area contributed by atoms with Crippen molar-refractivity contribution < 1.29 is 0 Å². The molecule has 1 nitrogen and oxygen atoms in total. The van der Waals surface area contributed by atoms with E-state index in [9.17, 15) is 0 Å². The van der Waals surface area contributed by atoms with E-state index in [2.05, 4.69) is 11.8 Å². The van der Waals surface area contributed by atoms with Crippen LogP contribution in [-0.4, -0.2) is 24.5 Å². The third-order valence-electron chi connectivity index (χ3n) is 4.80. The summed E-state index contributed by atoms with van der Waals surface area (Å²) in [5.74, 6) is 4.62. The van der Waals surface area contributed by atoms with Crippen LogP contribution in [0, 0.1) is 23.7 Å². The topological polar surface area (TPSA) is 3.24 Å². The summed E-state index contributed by atoms with van der Waals surface area (Å²) in [6.45, 7) is 6.58. The minimum Gasteiger partial charge on any atom is -0.303 e. The zero-order chi connectivity index (χ0) is 8.84. The third kappa shape index (κ3) is 1.09. The maximum atomic E-state index is 2.73. The van der Waals surface area contributed by atoms with Gasteiger partial charge in [0.25, 0.3) is 0 Å². The van der Waals surface area contributed by atoms with Crippen LogP contribution in [0.3, 0.4) is 0 Å². The van der Waals surface area contributed by atoms with Crippen molar-refractivity contribution in [2.45, 2.75) is 32.6 Å². The van der Waals surface area contributed by atoms with E-state index in [1.807, 2.05) is 0 Å². The molecule has 0 amide bonds. The number of hydrogen-bond donors (Lipinski definition) is 0. The highest BCUT2D eigenvalue weighted by atomic mass is 15.2. The zero-order valence-electron chi connectivity index (χ0n) is 8.71. The van der Waals surface area contributed by atoms with Crippen molar-refractivity contribution in [1.29, 1.82) is 0 Å². The lowest BCUT2D eigenvalue weighted by atomic mass is 9.48. The van der Waals surface area contributed by atoms with Crippen LogP contribution in [0.4, 0.5) is 0 Å². The Kier molecular flexibility index (Phi) is 1.90. The van der Waals surface area contributed by atoms with Crippen molar-refractivity contribution in [3.8, 4) is 0 Å². The van der Waals surface area contributed by atoms with Crippen LogP contribution in [0.25, 0.3) is 0 Å². The number of fused-ring (bicyclic) bond motifs is 4. The van der Waals surface area contributed by atoms with Gasteiger partial charge in [0.15, 0.2) is 0 Å². The molecular formula is C12H21N. The molecule has 0 aromatic carbocycles. The van der Waals surface area contributed by atoms with Crippen LogP contribution in [0.15, 0.2) is 0 Å². The van der Waals surface area contributed by atoms with Gasteiger partial charge in [0.05, 0.1) is 0 Å². The van der Waals surface area contributed by atoms with Gasteiger partial charge in [0.1, 0.15) is 0 Å². The number of hydrogen-bond acceptors (Lipinski definition) is 1. The number of likely N-dealkylation sites (tertiary alicyclic amines) is 1. The largest absolute Gasteiger partial charge is 0.303 e. The highest BCUT2D eigenvalue weighted by Gasteiger charge is 2.58. The normalized spacial score (nSPS) is 47.8. The average molecular weight is 179 g/mol. The van der Waals surface area contributed by atoms with E-state index in [0.29, 0.717) is 0 Å². The van der Waals surface area contributed by atoms with Crippen molar-refractivity contribution in [1.82, 2.24) is 4.90 Å². The average Bonchev–Trinajstić information content (AvgIpc) is 2.41. The minimum absolute atomic E-state index is 1.13. The molecule has 0 aromatic rings. The lowest BCUT2D eigenvalue weighted by Crippen LogP contribution is -2.52. The molecule has 2 saturated carbocycles. The quantitative estimate of drug-likeness (QED) is 0.643. The molecular weight excluding hydrogens is 158 g/mol. The Labute approximate surface area is 81.5 Å². The Bertz CT molecular complexity index is 183. The summed E-state index contributed by atoms with van der Waals surface area (Å²) in [7, 11) is 0. The molecule has 0 N–H and O–H groups in total. The van der Waals surface area contributed by atoms with Crippen LogP contribution >= 0.6 is 0 Å². The van der Waals surface area contributed by atoms with Crippen molar-refractivity contribution >= 4 is 0 Å². The molecule has 0 bridgehead atoms. The van der Waals surface area contributed by atoms with Crippen molar-refractivity contribution in [3.63, 3.8) is 0 Å². The first kappa shape index (κ1) is 8.28. The first-order chi connectivity index (χ1) is 6.40. The standard InChI is InChI=1S/C12H21N/c1-2-3-6-13-7-11-9-4-5-10(9)12(11)8-13/h9-12H,2-8H2,1H3/t9-,10?,11?,12?/m0/s1. The Hall–Kier alpha value is -0.0400. The first-order valence-electron chi connectivity index (χ1n) is 6.12. The van der Waals surface area contributed by atoms with Gasteiger partial charge in [-0.3, -0.25) is 0 Å². The van der Waals surface area contributed by atoms with Crippen molar-refractivity contribution in [2.75, 3.05) is 19.6 Å². The zero-order valence-corrected chi connectivity index (χ0v) is 8.71. The second kappa shape index (κ2) is 2.98. The summed E-state index contributed by atoms with van der Waals surface area (Å²) >= 11 is 0. The molecule has 13 heavy (non-hydrogen) atoms. The van der Waals surface area contributed by atoms with Gasteiger partial charge in [-0.25, -0.2) is 0 Å². The van der Waals surface area contributed by atoms with Crippen molar-refractivity contribution in [3.05, 3.63) is 0 Å². The van der Waals surface area contributed by atoms with Crippen LogP contribution in [-0.2, 0) is 0 Å². The summed E-state index contributed by atoms with van der Waals surface area (Å²) in [5, 5.41) is 0. The molecule has 1 heteroatoms. The van der Waals surface area contributed by atoms with E-state index >= 15 is 0 Å². The van der Waals surface area contributed by atoms with Gasteiger partial charge in [-0.1, -0.05) is 13.3 Å². The fraction of sp³-hybridized carbons (Fsp3) is 1.00. The van der Waals surface area contributed by atoms with E-state index in [1.54, 1.807) is 12.8 Å². The van der Waals surface area contributed by atoms with Gasteiger partial charge in [0, 0.05) is 13.1 Å². The fourth-order valence-corrected chi connectivity index (χ4v) is 3.88. The van der Waals surface area contributed by atoms with Gasteiger partial charge in [-0.2, -0.15) is 0 Å². The van der Waals surface area contributed by atoms with E-state index in [1.165, 1.54) is 44.3 Å². The molecule has 74 valence electrons. The van der Waals surface area contributed by atoms with Gasteiger partial charge >= 0.3 is 0 Å². The van der Waals surface area contributed by atoms with Crippen LogP contribution in [0.5, 0.6) is 0 Å². The Morgan fingerprint density at radius 1 is 1.00 bits per heavy atom. The molecule has 3 rings (SSSR count). The molecule has 0 spiro atoms. The summed E-state index contributed by atoms with van der Waals surface area (Å²) in [6.07, 6.45) is 5.90. The minimum atomic E-state index is 1.13. The molecule has 1 saturated heterocycles. The summed E-state index contributed by atoms with van der Waals surface area (Å²) in [4.78, 5) is 2.73. The van der Waals surface area contributed by atoms with Crippen LogP contribution < -0.4 is 0 Å². The molecule has 3 unspecified atom stereocenters. The molecule has 0 radical (unpaired) electrons. The second-order valence-corrected chi connectivity index (χ2v) is 5.35. The number of rotatable bonds is 3. The molecule has 3 aliphatic rings. The van der Waals surface area contributed by atoms with Crippen LogP contribution in [0.2, 0.25) is 0 Å².